The topological polar surface area (TPSA) is 86.5 Å². The fourth-order valence-corrected chi connectivity index (χ4v) is 4.85. The zero-order valence-corrected chi connectivity index (χ0v) is 18.5. The van der Waals surface area contributed by atoms with Crippen LogP contribution in [0.2, 0.25) is 0 Å². The first kappa shape index (κ1) is 19.9. The average Bonchev–Trinajstić information content (AvgIpc) is 3.40. The molecule has 1 aromatic heterocycles. The minimum absolute atomic E-state index is 0.0186. The summed E-state index contributed by atoms with van der Waals surface area (Å²) in [7, 11) is 1.69. The van der Waals surface area contributed by atoms with Gasteiger partial charge in [0.2, 0.25) is 0 Å². The summed E-state index contributed by atoms with van der Waals surface area (Å²) < 4.78 is 8.00. The van der Waals surface area contributed by atoms with Crippen LogP contribution in [0.4, 0.5) is 5.69 Å². The van der Waals surface area contributed by atoms with Crippen LogP contribution < -0.4 is 9.64 Å². The minimum atomic E-state index is -0.0186. The number of benzene rings is 2. The zero-order valence-electron chi connectivity index (χ0n) is 17.7. The van der Waals surface area contributed by atoms with Gasteiger partial charge < -0.3 is 19.8 Å². The lowest BCUT2D eigenvalue weighted by atomic mass is 10.0. The van der Waals surface area contributed by atoms with Gasteiger partial charge in [-0.05, 0) is 67.6 Å². The smallest absolute Gasteiger partial charge is 0.200 e. The second-order valence-electron chi connectivity index (χ2n) is 8.24. The summed E-state index contributed by atoms with van der Waals surface area (Å²) in [5.41, 5.74) is 4.60. The third-order valence-electron chi connectivity index (χ3n) is 6.20. The number of phenolic OH excluding ortho intramolecular Hbond substituents is 2. The van der Waals surface area contributed by atoms with Crippen molar-refractivity contribution in [2.75, 3.05) is 25.1 Å². The van der Waals surface area contributed by atoms with E-state index in [1.807, 2.05) is 22.8 Å². The molecule has 1 aliphatic carbocycles. The van der Waals surface area contributed by atoms with Crippen molar-refractivity contribution in [2.45, 2.75) is 38.5 Å². The fraction of sp³-hybridized carbons (Fsp3) is 0.391. The summed E-state index contributed by atoms with van der Waals surface area (Å²) >= 11 is 5.60. The molecule has 5 rings (SSSR count). The number of nitrogens with one attached hydrogen (secondary N) is 1. The first-order valence-electron chi connectivity index (χ1n) is 10.7. The van der Waals surface area contributed by atoms with Crippen LogP contribution in [-0.2, 0) is 6.42 Å². The highest BCUT2D eigenvalue weighted by molar-refractivity contribution is 7.71. The number of fused-ring (bicyclic) bond motifs is 1. The Balaban J connectivity index is 1.70. The monoisotopic (exact) mass is 438 g/mol. The minimum Gasteiger partial charge on any atom is -0.508 e. The van der Waals surface area contributed by atoms with Gasteiger partial charge in [-0.15, -0.1) is 0 Å². The summed E-state index contributed by atoms with van der Waals surface area (Å²) in [5, 5.41) is 28.3. The molecule has 1 aliphatic heterocycles. The zero-order chi connectivity index (χ0) is 21.7. The van der Waals surface area contributed by atoms with Crippen molar-refractivity contribution in [1.29, 1.82) is 0 Å². The molecule has 3 N–H and O–H groups in total. The standard InChI is InChI=1S/C23H26N4O3S/c1-3-9-26-10-8-14-17(6-7-20(30-2)21(14)26)27-22(24-25-23(27)31)16-11-15(13-4-5-13)18(28)12-19(16)29/h6-7,11-13,28-29H,3-5,8-10H2,1-2H3,(H,25,31). The van der Waals surface area contributed by atoms with E-state index in [1.165, 1.54) is 6.07 Å². The molecule has 2 aliphatic rings. The quantitative estimate of drug-likeness (QED) is 0.485. The maximum Gasteiger partial charge on any atom is 0.200 e. The normalized spacial score (nSPS) is 15.4. The second-order valence-corrected chi connectivity index (χ2v) is 8.63. The number of hydrogen-bond donors (Lipinski definition) is 3. The number of H-pyrrole nitrogens is 1. The summed E-state index contributed by atoms with van der Waals surface area (Å²) in [5.74, 6) is 1.83. The van der Waals surface area contributed by atoms with Gasteiger partial charge in [0, 0.05) is 24.7 Å². The Morgan fingerprint density at radius 1 is 1.23 bits per heavy atom. The van der Waals surface area contributed by atoms with Crippen LogP contribution in [0.3, 0.4) is 0 Å². The third kappa shape index (κ3) is 3.26. The lowest BCUT2D eigenvalue weighted by molar-refractivity contribution is 0.415. The molecule has 7 nitrogen and oxygen atoms in total. The van der Waals surface area contributed by atoms with Crippen LogP contribution in [0.1, 0.15) is 43.2 Å². The van der Waals surface area contributed by atoms with E-state index in [0.29, 0.717) is 22.1 Å². The van der Waals surface area contributed by atoms with E-state index in [-0.39, 0.29) is 11.5 Å². The van der Waals surface area contributed by atoms with Crippen molar-refractivity contribution < 1.29 is 14.9 Å². The molecule has 0 bridgehead atoms. The van der Waals surface area contributed by atoms with Gasteiger partial charge in [0.25, 0.3) is 0 Å². The van der Waals surface area contributed by atoms with Gasteiger partial charge in [0.1, 0.15) is 17.2 Å². The Morgan fingerprint density at radius 2 is 2.03 bits per heavy atom. The molecule has 162 valence electrons. The number of aromatic amines is 1. The maximum atomic E-state index is 10.7. The summed E-state index contributed by atoms with van der Waals surface area (Å²) in [6.45, 7) is 4.05. The molecule has 8 heteroatoms. The maximum absolute atomic E-state index is 10.7. The number of ether oxygens (including phenoxy) is 1. The summed E-state index contributed by atoms with van der Waals surface area (Å²) in [6.07, 6.45) is 4.02. The van der Waals surface area contributed by atoms with E-state index in [0.717, 1.165) is 67.0 Å². The molecule has 0 saturated heterocycles. The summed E-state index contributed by atoms with van der Waals surface area (Å²) in [6, 6.07) is 7.22. The van der Waals surface area contributed by atoms with E-state index in [2.05, 4.69) is 22.0 Å². The van der Waals surface area contributed by atoms with Crippen molar-refractivity contribution in [2.24, 2.45) is 0 Å². The predicted molar refractivity (Wildman–Crippen MR) is 122 cm³/mol. The van der Waals surface area contributed by atoms with Crippen molar-refractivity contribution in [1.82, 2.24) is 14.8 Å². The van der Waals surface area contributed by atoms with Crippen molar-refractivity contribution in [3.63, 3.8) is 0 Å². The highest BCUT2D eigenvalue weighted by Crippen LogP contribution is 2.48. The van der Waals surface area contributed by atoms with Crippen LogP contribution in [0, 0.1) is 4.77 Å². The lowest BCUT2D eigenvalue weighted by Gasteiger charge is -2.22. The molecular formula is C23H26N4O3S. The Morgan fingerprint density at radius 3 is 2.74 bits per heavy atom. The molecule has 2 aromatic carbocycles. The van der Waals surface area contributed by atoms with Crippen LogP contribution in [0.25, 0.3) is 17.1 Å². The Labute approximate surface area is 185 Å². The van der Waals surface area contributed by atoms with Gasteiger partial charge in [0.15, 0.2) is 10.6 Å². The molecule has 3 aromatic rings. The number of phenols is 2. The fourth-order valence-electron chi connectivity index (χ4n) is 4.62. The van der Waals surface area contributed by atoms with Crippen LogP contribution in [-0.4, -0.2) is 45.2 Å². The van der Waals surface area contributed by atoms with E-state index < -0.39 is 0 Å². The molecule has 0 atom stereocenters. The molecular weight excluding hydrogens is 412 g/mol. The third-order valence-corrected chi connectivity index (χ3v) is 6.47. The molecule has 0 amide bonds. The van der Waals surface area contributed by atoms with Crippen LogP contribution >= 0.6 is 12.2 Å². The highest BCUT2D eigenvalue weighted by atomic mass is 32.1. The highest BCUT2D eigenvalue weighted by Gasteiger charge is 2.30. The number of nitrogens with zero attached hydrogens (tertiary/aromatic N) is 3. The lowest BCUT2D eigenvalue weighted by Crippen LogP contribution is -2.21. The van der Waals surface area contributed by atoms with E-state index in [4.69, 9.17) is 17.0 Å². The first-order valence-corrected chi connectivity index (χ1v) is 11.1. The van der Waals surface area contributed by atoms with Crippen molar-refractivity contribution in [3.8, 4) is 34.3 Å². The largest absolute Gasteiger partial charge is 0.508 e. The number of hydrogen-bond acceptors (Lipinski definition) is 6. The molecule has 1 fully saturated rings. The molecule has 2 heterocycles. The van der Waals surface area contributed by atoms with Gasteiger partial charge in [0.05, 0.1) is 24.0 Å². The molecule has 1 saturated carbocycles. The summed E-state index contributed by atoms with van der Waals surface area (Å²) in [4.78, 5) is 2.35. The number of aromatic hydroxyl groups is 2. The van der Waals surface area contributed by atoms with Gasteiger partial charge in [-0.3, -0.25) is 9.67 Å². The van der Waals surface area contributed by atoms with Gasteiger partial charge in [-0.2, -0.15) is 5.10 Å². The van der Waals surface area contributed by atoms with Crippen LogP contribution in [0.15, 0.2) is 24.3 Å². The van der Waals surface area contributed by atoms with Crippen LogP contribution in [0.5, 0.6) is 17.2 Å². The Bertz CT molecular complexity index is 1210. The molecule has 31 heavy (non-hydrogen) atoms. The number of anilines is 1. The van der Waals surface area contributed by atoms with Gasteiger partial charge >= 0.3 is 0 Å². The first-order chi connectivity index (χ1) is 15.0. The van der Waals surface area contributed by atoms with E-state index >= 15 is 0 Å². The molecule has 0 unspecified atom stereocenters. The van der Waals surface area contributed by atoms with Crippen molar-refractivity contribution >= 4 is 17.9 Å². The van der Waals surface area contributed by atoms with Crippen molar-refractivity contribution in [3.05, 3.63) is 40.2 Å². The second kappa shape index (κ2) is 7.60. The molecule has 0 spiro atoms. The SMILES string of the molecule is CCCN1CCc2c(-n3c(-c4cc(C5CC5)c(O)cc4O)n[nH]c3=S)ccc(OC)c21. The van der Waals surface area contributed by atoms with Gasteiger partial charge in [-0.1, -0.05) is 6.92 Å². The Hall–Kier alpha value is -3.00. The molecule has 0 radical (unpaired) electrons. The van der Waals surface area contributed by atoms with E-state index in [1.54, 1.807) is 7.11 Å². The number of methoxy groups -OCH3 is 1. The average molecular weight is 439 g/mol. The number of aromatic nitrogens is 3. The Kier molecular flexibility index (Phi) is 4.89. The predicted octanol–water partition coefficient (Wildman–Crippen LogP) is 4.67. The number of rotatable bonds is 6. The van der Waals surface area contributed by atoms with Gasteiger partial charge in [-0.25, -0.2) is 0 Å². The van der Waals surface area contributed by atoms with E-state index in [9.17, 15) is 10.2 Å².